The van der Waals surface area contributed by atoms with E-state index in [9.17, 15) is 0 Å². The molecular formula is C7H17NO4. The monoisotopic (exact) mass is 179 g/mol. The van der Waals surface area contributed by atoms with Crippen molar-refractivity contribution in [3.05, 3.63) is 13.2 Å². The van der Waals surface area contributed by atoms with Gasteiger partial charge in [0.2, 0.25) is 0 Å². The van der Waals surface area contributed by atoms with Crippen LogP contribution in [0.3, 0.4) is 0 Å². The van der Waals surface area contributed by atoms with Crippen LogP contribution >= 0.6 is 0 Å². The second-order valence-corrected chi connectivity index (χ2v) is 2.43. The number of rotatable bonds is 1. The van der Waals surface area contributed by atoms with E-state index in [1.165, 1.54) is 0 Å². The Bertz CT molecular complexity index is 104. The average Bonchev–Trinajstić information content (AvgIpc) is 1.90. The van der Waals surface area contributed by atoms with E-state index in [2.05, 4.69) is 13.2 Å². The van der Waals surface area contributed by atoms with Gasteiger partial charge in [0.1, 0.15) is 0 Å². The molecule has 0 saturated heterocycles. The van der Waals surface area contributed by atoms with Crippen molar-refractivity contribution in [2.24, 2.45) is 5.73 Å². The van der Waals surface area contributed by atoms with Crippen LogP contribution in [0, 0.1) is 0 Å². The van der Waals surface area contributed by atoms with Crippen LogP contribution < -0.4 is 5.73 Å². The van der Waals surface area contributed by atoms with Gasteiger partial charge in [-0.05, 0) is 13.8 Å². The second kappa shape index (κ2) is 9.93. The third kappa shape index (κ3) is 151. The molecule has 12 heavy (non-hydrogen) atoms. The molecule has 0 heterocycles. The zero-order chi connectivity index (χ0) is 10.8. The molecule has 0 bridgehead atoms. The average molecular weight is 179 g/mol. The van der Waals surface area contributed by atoms with Crippen molar-refractivity contribution in [1.82, 2.24) is 0 Å². The number of nitrogens with two attached hydrogens (primary N) is 1. The van der Waals surface area contributed by atoms with Gasteiger partial charge in [0.25, 0.3) is 0 Å². The van der Waals surface area contributed by atoms with Gasteiger partial charge in [-0.3, -0.25) is 0 Å². The minimum absolute atomic E-state index is 0.0486. The van der Waals surface area contributed by atoms with Crippen LogP contribution in [0.2, 0.25) is 0 Å². The van der Waals surface area contributed by atoms with Gasteiger partial charge in [-0.1, -0.05) is 0 Å². The molecule has 5 nitrogen and oxygen atoms in total. The summed E-state index contributed by atoms with van der Waals surface area (Å²) >= 11 is 0. The van der Waals surface area contributed by atoms with E-state index in [1.54, 1.807) is 13.8 Å². The number of aliphatic hydroxyl groups excluding tert-OH is 1. The first-order chi connectivity index (χ1) is 5.29. The lowest BCUT2D eigenvalue weighted by atomic mass is 10.1. The summed E-state index contributed by atoms with van der Waals surface area (Å²) < 4.78 is 0. The molecule has 0 aliphatic heterocycles. The molecule has 0 aromatic rings. The van der Waals surface area contributed by atoms with Gasteiger partial charge in [0, 0.05) is 5.54 Å². The maximum absolute atomic E-state index is 8.56. The fourth-order valence-corrected chi connectivity index (χ4v) is 0. The van der Waals surface area contributed by atoms with Gasteiger partial charge in [0.05, 0.1) is 6.61 Å². The Morgan fingerprint density at radius 2 is 1.50 bits per heavy atom. The summed E-state index contributed by atoms with van der Waals surface area (Å²) in [5, 5.41) is 22.2. The third-order valence-electron chi connectivity index (χ3n) is 0.408. The molecule has 0 aliphatic carbocycles. The lowest BCUT2D eigenvalue weighted by Crippen LogP contribution is -2.35. The van der Waals surface area contributed by atoms with E-state index in [0.29, 0.717) is 0 Å². The van der Waals surface area contributed by atoms with Gasteiger partial charge in [-0.15, -0.1) is 13.2 Å². The molecule has 0 aromatic carbocycles. The van der Waals surface area contributed by atoms with Crippen molar-refractivity contribution in [3.63, 3.8) is 0 Å². The molecule has 0 saturated carbocycles. The summed E-state index contributed by atoms with van der Waals surface area (Å²) in [4.78, 5) is 8.56. The van der Waals surface area contributed by atoms with Crippen molar-refractivity contribution >= 4 is 6.16 Å². The Kier molecular flexibility index (Phi) is 14.2. The molecule has 0 aliphatic rings. The predicted molar refractivity (Wildman–Crippen MR) is 47.3 cm³/mol. The fraction of sp³-hybridized carbons (Fsp3) is 0.571. The molecule has 0 rings (SSSR count). The van der Waals surface area contributed by atoms with Crippen molar-refractivity contribution in [2.75, 3.05) is 6.61 Å². The highest BCUT2D eigenvalue weighted by Gasteiger charge is 2.05. The number of hydrogen-bond acceptors (Lipinski definition) is 3. The minimum Gasteiger partial charge on any atom is -0.450 e. The number of carbonyl (C=O) groups is 1. The molecule has 0 spiro atoms. The molecule has 0 aromatic heterocycles. The SMILES string of the molecule is C=C.CC(C)(N)CO.O=C(O)O. The minimum atomic E-state index is -1.83. The maximum Gasteiger partial charge on any atom is 0.503 e. The third-order valence-corrected chi connectivity index (χ3v) is 0.408. The van der Waals surface area contributed by atoms with Gasteiger partial charge in [0.15, 0.2) is 0 Å². The fourth-order valence-electron chi connectivity index (χ4n) is 0. The van der Waals surface area contributed by atoms with Crippen LogP contribution in [0.5, 0.6) is 0 Å². The van der Waals surface area contributed by atoms with Crippen molar-refractivity contribution < 1.29 is 20.1 Å². The van der Waals surface area contributed by atoms with Gasteiger partial charge in [-0.25, -0.2) is 4.79 Å². The molecule has 0 fully saturated rings. The van der Waals surface area contributed by atoms with E-state index >= 15 is 0 Å². The number of carboxylic acid groups (broad SMARTS) is 2. The summed E-state index contributed by atoms with van der Waals surface area (Å²) in [6.07, 6.45) is -1.83. The van der Waals surface area contributed by atoms with Crippen molar-refractivity contribution in [3.8, 4) is 0 Å². The van der Waals surface area contributed by atoms with Crippen LogP contribution in [-0.4, -0.2) is 33.6 Å². The zero-order valence-electron chi connectivity index (χ0n) is 7.45. The molecule has 0 amide bonds. The highest BCUT2D eigenvalue weighted by atomic mass is 16.6. The lowest BCUT2D eigenvalue weighted by Gasteiger charge is -2.12. The van der Waals surface area contributed by atoms with Crippen LogP contribution in [-0.2, 0) is 0 Å². The Morgan fingerprint density at radius 3 is 1.50 bits per heavy atom. The molecule has 74 valence electrons. The molecule has 5 N–H and O–H groups in total. The molecule has 5 heteroatoms. The summed E-state index contributed by atoms with van der Waals surface area (Å²) in [5.41, 5.74) is 4.88. The summed E-state index contributed by atoms with van der Waals surface area (Å²) in [6.45, 7) is 9.59. The van der Waals surface area contributed by atoms with Crippen LogP contribution in [0.15, 0.2) is 13.2 Å². The Hall–Kier alpha value is -1.07. The zero-order valence-corrected chi connectivity index (χ0v) is 7.45. The first-order valence-corrected chi connectivity index (χ1v) is 3.11. The quantitative estimate of drug-likeness (QED) is 0.444. The number of aliphatic hydroxyl groups is 1. The maximum atomic E-state index is 8.56. The van der Waals surface area contributed by atoms with E-state index in [-0.39, 0.29) is 6.61 Å². The molecule has 0 atom stereocenters. The van der Waals surface area contributed by atoms with Crippen molar-refractivity contribution in [2.45, 2.75) is 19.4 Å². The Morgan fingerprint density at radius 1 is 1.42 bits per heavy atom. The smallest absolute Gasteiger partial charge is 0.450 e. The second-order valence-electron chi connectivity index (χ2n) is 2.43. The topological polar surface area (TPSA) is 104 Å². The van der Waals surface area contributed by atoms with E-state index in [4.69, 9.17) is 25.8 Å². The first-order valence-electron chi connectivity index (χ1n) is 3.11. The standard InChI is InChI=1S/C4H11NO.C2H4.CH2O3/c1-4(2,5)3-6;1-2;2-1(3)4/h6H,3,5H2,1-2H3;1-2H2;(H2,2,3,4). The summed E-state index contributed by atoms with van der Waals surface area (Å²) in [6, 6.07) is 0. The number of hydrogen-bond donors (Lipinski definition) is 4. The van der Waals surface area contributed by atoms with Crippen molar-refractivity contribution in [1.29, 1.82) is 0 Å². The van der Waals surface area contributed by atoms with E-state index in [0.717, 1.165) is 0 Å². The summed E-state index contributed by atoms with van der Waals surface area (Å²) in [5.74, 6) is 0. The van der Waals surface area contributed by atoms with E-state index < -0.39 is 11.7 Å². The lowest BCUT2D eigenvalue weighted by molar-refractivity contribution is 0.137. The first kappa shape index (κ1) is 17.1. The Balaban J connectivity index is -0.000000118. The van der Waals surface area contributed by atoms with E-state index in [1.807, 2.05) is 0 Å². The summed E-state index contributed by atoms with van der Waals surface area (Å²) in [7, 11) is 0. The normalized spacial score (nSPS) is 8.33. The highest BCUT2D eigenvalue weighted by Crippen LogP contribution is 1.89. The van der Waals surface area contributed by atoms with Crippen LogP contribution in [0.25, 0.3) is 0 Å². The predicted octanol–water partition coefficient (Wildman–Crippen LogP) is 0.741. The van der Waals surface area contributed by atoms with Gasteiger partial charge < -0.3 is 21.1 Å². The van der Waals surface area contributed by atoms with Gasteiger partial charge >= 0.3 is 6.16 Å². The van der Waals surface area contributed by atoms with Gasteiger partial charge in [-0.2, -0.15) is 0 Å². The van der Waals surface area contributed by atoms with Crippen LogP contribution in [0.1, 0.15) is 13.8 Å². The highest BCUT2D eigenvalue weighted by molar-refractivity contribution is 5.53. The molecule has 0 radical (unpaired) electrons. The Labute approximate surface area is 72.1 Å². The van der Waals surface area contributed by atoms with Crippen LogP contribution in [0.4, 0.5) is 4.79 Å². The largest absolute Gasteiger partial charge is 0.503 e. The molecule has 0 unspecified atom stereocenters. The molecular weight excluding hydrogens is 162 g/mol.